The zero-order chi connectivity index (χ0) is 10.3. The van der Waals surface area contributed by atoms with Crippen LogP contribution in [0, 0.1) is 0 Å². The Morgan fingerprint density at radius 1 is 1.46 bits per heavy atom. The molecule has 0 heterocycles. The number of carbonyl (C=O) groups excluding carboxylic acids is 1. The first-order chi connectivity index (χ1) is 6.13. The summed E-state index contributed by atoms with van der Waals surface area (Å²) in [6, 6.07) is 0. The summed E-state index contributed by atoms with van der Waals surface area (Å²) in [5, 5.41) is 0. The number of nitrogens with zero attached hydrogens (tertiary/aromatic N) is 1. The molecule has 0 atom stereocenters. The fraction of sp³-hybridized carbons (Fsp3) is 0.333. The highest BCUT2D eigenvalue weighted by Gasteiger charge is 2.04. The van der Waals surface area contributed by atoms with Crippen LogP contribution >= 0.6 is 0 Å². The second-order valence-corrected chi connectivity index (χ2v) is 2.22. The van der Waals surface area contributed by atoms with Gasteiger partial charge in [0.1, 0.15) is 5.76 Å². The van der Waals surface area contributed by atoms with E-state index in [4.69, 9.17) is 4.74 Å². The van der Waals surface area contributed by atoms with Crippen molar-refractivity contribution < 1.29 is 14.3 Å². The average molecular weight is 183 g/mol. The van der Waals surface area contributed by atoms with Crippen LogP contribution < -0.4 is 0 Å². The molecule has 0 aliphatic heterocycles. The lowest BCUT2D eigenvalue weighted by molar-refractivity contribution is -0.139. The standard InChI is InChI=1S/C9H13NO3/c1-7(12-3)5-8(10-2)6-9(11)13-4/h5H,1-2,6H2,3-4H3/b8-5-. The minimum absolute atomic E-state index is 0.0718. The number of hydrogen-bond acceptors (Lipinski definition) is 4. The monoisotopic (exact) mass is 183 g/mol. The molecular formula is C9H13NO3. The van der Waals surface area contributed by atoms with Gasteiger partial charge in [-0.05, 0) is 6.72 Å². The number of aliphatic imine (C=N–C) groups is 1. The minimum atomic E-state index is -0.373. The van der Waals surface area contributed by atoms with Gasteiger partial charge in [0.2, 0.25) is 0 Å². The van der Waals surface area contributed by atoms with E-state index in [1.165, 1.54) is 20.3 Å². The van der Waals surface area contributed by atoms with Crippen LogP contribution in [-0.4, -0.2) is 26.9 Å². The maximum absolute atomic E-state index is 10.8. The average Bonchev–Trinajstić information content (AvgIpc) is 2.16. The molecule has 0 aromatic rings. The van der Waals surface area contributed by atoms with Crippen LogP contribution in [0.2, 0.25) is 0 Å². The van der Waals surface area contributed by atoms with Crippen molar-refractivity contribution in [3.05, 3.63) is 24.1 Å². The lowest BCUT2D eigenvalue weighted by Crippen LogP contribution is -2.01. The topological polar surface area (TPSA) is 47.9 Å². The van der Waals surface area contributed by atoms with Crippen molar-refractivity contribution in [2.75, 3.05) is 14.2 Å². The first kappa shape index (κ1) is 11.4. The molecule has 0 aliphatic rings. The summed E-state index contributed by atoms with van der Waals surface area (Å²) in [6.07, 6.45) is 1.60. The fourth-order valence-corrected chi connectivity index (χ4v) is 0.617. The number of ether oxygens (including phenoxy) is 2. The van der Waals surface area contributed by atoms with Gasteiger partial charge in [0, 0.05) is 6.08 Å². The molecular weight excluding hydrogens is 170 g/mol. The Balaban J connectivity index is 4.33. The highest BCUT2D eigenvalue weighted by molar-refractivity contribution is 5.72. The van der Waals surface area contributed by atoms with Crippen LogP contribution in [0.25, 0.3) is 0 Å². The van der Waals surface area contributed by atoms with Gasteiger partial charge in [-0.25, -0.2) is 0 Å². The molecule has 0 amide bonds. The molecule has 13 heavy (non-hydrogen) atoms. The molecule has 0 aliphatic carbocycles. The Hall–Kier alpha value is -1.58. The van der Waals surface area contributed by atoms with E-state index in [1.54, 1.807) is 0 Å². The predicted molar refractivity (Wildman–Crippen MR) is 50.4 cm³/mol. The molecule has 0 N–H and O–H groups in total. The maximum Gasteiger partial charge on any atom is 0.311 e. The summed E-state index contributed by atoms with van der Waals surface area (Å²) < 4.78 is 9.25. The Kier molecular flexibility index (Phi) is 5.27. The van der Waals surface area contributed by atoms with Crippen LogP contribution in [0.3, 0.4) is 0 Å². The summed E-state index contributed by atoms with van der Waals surface area (Å²) in [5.41, 5.74) is 0.471. The summed E-state index contributed by atoms with van der Waals surface area (Å²) >= 11 is 0. The van der Waals surface area contributed by atoms with E-state index in [9.17, 15) is 4.79 Å². The molecule has 0 aromatic carbocycles. The largest absolute Gasteiger partial charge is 0.497 e. The van der Waals surface area contributed by atoms with Crippen molar-refractivity contribution in [2.45, 2.75) is 6.42 Å². The molecule has 0 saturated carbocycles. The number of esters is 1. The van der Waals surface area contributed by atoms with E-state index in [0.29, 0.717) is 11.5 Å². The predicted octanol–water partition coefficient (Wildman–Crippen LogP) is 1.29. The van der Waals surface area contributed by atoms with Crippen LogP contribution in [0.4, 0.5) is 0 Å². The van der Waals surface area contributed by atoms with Gasteiger partial charge in [0.15, 0.2) is 0 Å². The van der Waals surface area contributed by atoms with Crippen LogP contribution in [0.1, 0.15) is 6.42 Å². The third-order valence-electron chi connectivity index (χ3n) is 1.35. The lowest BCUT2D eigenvalue weighted by Gasteiger charge is -2.01. The molecule has 0 saturated heterocycles. The lowest BCUT2D eigenvalue weighted by atomic mass is 10.3. The SMILES string of the molecule is C=N/C(=C\C(=C)OC)CC(=O)OC. The molecule has 0 aromatic heterocycles. The quantitative estimate of drug-likeness (QED) is 0.279. The first-order valence-electron chi connectivity index (χ1n) is 3.61. The summed E-state index contributed by atoms with van der Waals surface area (Å²) in [6.45, 7) is 6.87. The van der Waals surface area contributed by atoms with Crippen molar-refractivity contribution in [2.24, 2.45) is 4.99 Å². The van der Waals surface area contributed by atoms with E-state index >= 15 is 0 Å². The zero-order valence-electron chi connectivity index (χ0n) is 7.87. The molecule has 4 nitrogen and oxygen atoms in total. The van der Waals surface area contributed by atoms with Crippen LogP contribution in [0.15, 0.2) is 29.1 Å². The fourth-order valence-electron chi connectivity index (χ4n) is 0.617. The van der Waals surface area contributed by atoms with Crippen molar-refractivity contribution in [3.63, 3.8) is 0 Å². The maximum atomic E-state index is 10.8. The highest BCUT2D eigenvalue weighted by Crippen LogP contribution is 2.07. The molecule has 0 rings (SSSR count). The number of hydrogen-bond donors (Lipinski definition) is 0. The Morgan fingerprint density at radius 3 is 2.46 bits per heavy atom. The van der Waals surface area contributed by atoms with Gasteiger partial charge >= 0.3 is 5.97 Å². The van der Waals surface area contributed by atoms with Gasteiger partial charge in [-0.1, -0.05) is 6.58 Å². The third kappa shape index (κ3) is 4.79. The van der Waals surface area contributed by atoms with E-state index in [0.717, 1.165) is 0 Å². The van der Waals surface area contributed by atoms with Crippen molar-refractivity contribution >= 4 is 12.7 Å². The normalized spacial score (nSPS) is 10.5. The van der Waals surface area contributed by atoms with Crippen LogP contribution in [0.5, 0.6) is 0 Å². The molecule has 72 valence electrons. The zero-order valence-corrected chi connectivity index (χ0v) is 7.87. The Bertz CT molecular complexity index is 243. The summed E-state index contributed by atoms with van der Waals surface area (Å²) in [4.78, 5) is 14.5. The number of methoxy groups -OCH3 is 2. The molecule has 0 bridgehead atoms. The van der Waals surface area contributed by atoms with Gasteiger partial charge < -0.3 is 9.47 Å². The molecule has 0 radical (unpaired) electrons. The number of carbonyl (C=O) groups is 1. The summed E-state index contributed by atoms with van der Waals surface area (Å²) in [7, 11) is 2.80. The first-order valence-corrected chi connectivity index (χ1v) is 3.61. The molecule has 0 unspecified atom stereocenters. The van der Waals surface area contributed by atoms with Crippen molar-refractivity contribution in [1.82, 2.24) is 0 Å². The smallest absolute Gasteiger partial charge is 0.311 e. The highest BCUT2D eigenvalue weighted by atomic mass is 16.5. The van der Waals surface area contributed by atoms with Crippen molar-refractivity contribution in [3.8, 4) is 0 Å². The van der Waals surface area contributed by atoms with E-state index in [-0.39, 0.29) is 12.4 Å². The van der Waals surface area contributed by atoms with Gasteiger partial charge in [0.25, 0.3) is 0 Å². The minimum Gasteiger partial charge on any atom is -0.497 e. The Labute approximate surface area is 77.6 Å². The number of allylic oxidation sites excluding steroid dienone is 1. The van der Waals surface area contributed by atoms with Gasteiger partial charge in [0.05, 0.1) is 26.3 Å². The van der Waals surface area contributed by atoms with Gasteiger partial charge in [-0.3, -0.25) is 9.79 Å². The second kappa shape index (κ2) is 5.99. The second-order valence-electron chi connectivity index (χ2n) is 2.22. The molecule has 0 spiro atoms. The van der Waals surface area contributed by atoms with Crippen LogP contribution in [-0.2, 0) is 14.3 Å². The molecule has 4 heteroatoms. The number of rotatable bonds is 5. The third-order valence-corrected chi connectivity index (χ3v) is 1.35. The summed E-state index contributed by atoms with van der Waals surface area (Å²) in [5.74, 6) is 0.0499. The van der Waals surface area contributed by atoms with Crippen molar-refractivity contribution in [1.29, 1.82) is 0 Å². The van der Waals surface area contributed by atoms with Gasteiger partial charge in [-0.2, -0.15) is 0 Å². The Morgan fingerprint density at radius 2 is 2.08 bits per heavy atom. The van der Waals surface area contributed by atoms with E-state index < -0.39 is 0 Å². The van der Waals surface area contributed by atoms with Gasteiger partial charge in [-0.15, -0.1) is 0 Å². The van der Waals surface area contributed by atoms with E-state index in [1.807, 2.05) is 0 Å². The molecule has 0 fully saturated rings. The van der Waals surface area contributed by atoms with E-state index in [2.05, 4.69) is 23.0 Å².